The molecule has 1 amide bonds. The molecule has 2 aromatic carbocycles. The van der Waals surface area contributed by atoms with Crippen LogP contribution in [0, 0.1) is 0 Å². The summed E-state index contributed by atoms with van der Waals surface area (Å²) in [6, 6.07) is 6.91. The van der Waals surface area contributed by atoms with Gasteiger partial charge in [-0.15, -0.1) is 0 Å². The molecular weight excluding hydrogens is 374 g/mol. The second-order valence-electron chi connectivity index (χ2n) is 7.18. The Labute approximate surface area is 169 Å². The van der Waals surface area contributed by atoms with Crippen molar-refractivity contribution in [1.82, 2.24) is 4.90 Å². The third-order valence-electron chi connectivity index (χ3n) is 5.87. The number of carbonyl (C=O) groups excluding carboxylic acids is 1. The van der Waals surface area contributed by atoms with E-state index in [1.807, 2.05) is 24.3 Å². The molecule has 0 spiro atoms. The first-order valence-electron chi connectivity index (χ1n) is 9.50. The lowest BCUT2D eigenvalue weighted by atomic mass is 9.86. The van der Waals surface area contributed by atoms with E-state index in [2.05, 4.69) is 0 Å². The summed E-state index contributed by atoms with van der Waals surface area (Å²) in [7, 11) is 6.28. The first-order valence-corrected chi connectivity index (χ1v) is 9.50. The van der Waals surface area contributed by atoms with Crippen LogP contribution in [0.1, 0.15) is 34.4 Å². The Hall–Kier alpha value is -2.93. The van der Waals surface area contributed by atoms with Crippen LogP contribution in [0.5, 0.6) is 23.0 Å². The number of hydrogen-bond acceptors (Lipinski definition) is 6. The van der Waals surface area contributed by atoms with Crippen LogP contribution in [0.4, 0.5) is 0 Å². The molecule has 0 bridgehead atoms. The van der Waals surface area contributed by atoms with Gasteiger partial charge in [0.1, 0.15) is 6.10 Å². The third kappa shape index (κ3) is 2.97. The van der Waals surface area contributed by atoms with Gasteiger partial charge >= 0.3 is 0 Å². The Morgan fingerprint density at radius 1 is 0.931 bits per heavy atom. The molecule has 2 heterocycles. The van der Waals surface area contributed by atoms with Gasteiger partial charge in [-0.05, 0) is 41.3 Å². The largest absolute Gasteiger partial charge is 0.493 e. The van der Waals surface area contributed by atoms with Crippen LogP contribution in [0.3, 0.4) is 0 Å². The summed E-state index contributed by atoms with van der Waals surface area (Å²) >= 11 is 0. The van der Waals surface area contributed by atoms with E-state index in [0.717, 1.165) is 22.3 Å². The molecule has 0 fully saturated rings. The van der Waals surface area contributed by atoms with Crippen molar-refractivity contribution in [2.45, 2.75) is 25.0 Å². The van der Waals surface area contributed by atoms with Crippen LogP contribution in [-0.2, 0) is 17.6 Å². The van der Waals surface area contributed by atoms with Crippen LogP contribution in [0.25, 0.3) is 0 Å². The van der Waals surface area contributed by atoms with Crippen molar-refractivity contribution >= 4 is 5.91 Å². The first-order chi connectivity index (χ1) is 14.0. The van der Waals surface area contributed by atoms with E-state index in [0.29, 0.717) is 36.0 Å². The fourth-order valence-corrected chi connectivity index (χ4v) is 4.49. The lowest BCUT2D eigenvalue weighted by molar-refractivity contribution is -0.137. The molecule has 0 saturated carbocycles. The van der Waals surface area contributed by atoms with Gasteiger partial charge in [0.2, 0.25) is 5.91 Å². The SMILES string of the molecule is COc1cc2c(cc1OC)[C@@H](O)[C@H]1c3ccc(OC)c(OC)c3CC(=O)N1CC2. The molecule has 0 unspecified atom stereocenters. The second kappa shape index (κ2) is 7.48. The van der Waals surface area contributed by atoms with Gasteiger partial charge in [-0.1, -0.05) is 6.07 Å². The first kappa shape index (κ1) is 19.4. The molecule has 154 valence electrons. The van der Waals surface area contributed by atoms with E-state index in [9.17, 15) is 9.90 Å². The van der Waals surface area contributed by atoms with Crippen LogP contribution in [0.2, 0.25) is 0 Å². The van der Waals surface area contributed by atoms with Crippen molar-refractivity contribution in [3.63, 3.8) is 0 Å². The predicted molar refractivity (Wildman–Crippen MR) is 106 cm³/mol. The van der Waals surface area contributed by atoms with E-state index >= 15 is 0 Å². The topological polar surface area (TPSA) is 77.5 Å². The minimum atomic E-state index is -0.909. The smallest absolute Gasteiger partial charge is 0.227 e. The van der Waals surface area contributed by atoms with E-state index in [4.69, 9.17) is 18.9 Å². The Balaban J connectivity index is 1.88. The lowest BCUT2D eigenvalue weighted by Crippen LogP contribution is -2.42. The van der Waals surface area contributed by atoms with Gasteiger partial charge in [-0.3, -0.25) is 4.79 Å². The van der Waals surface area contributed by atoms with Gasteiger partial charge in [-0.2, -0.15) is 0 Å². The highest BCUT2D eigenvalue weighted by Crippen LogP contribution is 2.48. The van der Waals surface area contributed by atoms with Crippen LogP contribution < -0.4 is 18.9 Å². The fraction of sp³-hybridized carbons (Fsp3) is 0.409. The molecule has 2 atom stereocenters. The zero-order valence-corrected chi connectivity index (χ0v) is 17.0. The number of nitrogens with zero attached hydrogens (tertiary/aromatic N) is 1. The molecule has 2 aliphatic heterocycles. The van der Waals surface area contributed by atoms with Crippen LogP contribution in [0.15, 0.2) is 24.3 Å². The highest BCUT2D eigenvalue weighted by molar-refractivity contribution is 5.84. The summed E-state index contributed by atoms with van der Waals surface area (Å²) in [6.45, 7) is 0.511. The highest BCUT2D eigenvalue weighted by Gasteiger charge is 2.42. The van der Waals surface area contributed by atoms with Gasteiger partial charge in [0.25, 0.3) is 0 Å². The summed E-state index contributed by atoms with van der Waals surface area (Å²) < 4.78 is 21.8. The number of amides is 1. The van der Waals surface area contributed by atoms with Crippen molar-refractivity contribution in [3.8, 4) is 23.0 Å². The molecule has 4 rings (SSSR count). The van der Waals surface area contributed by atoms with E-state index in [1.165, 1.54) is 0 Å². The zero-order valence-electron chi connectivity index (χ0n) is 17.0. The van der Waals surface area contributed by atoms with Crippen molar-refractivity contribution in [1.29, 1.82) is 0 Å². The lowest BCUT2D eigenvalue weighted by Gasteiger charge is -2.39. The van der Waals surface area contributed by atoms with Gasteiger partial charge in [-0.25, -0.2) is 0 Å². The molecule has 0 aliphatic carbocycles. The third-order valence-corrected chi connectivity index (χ3v) is 5.87. The van der Waals surface area contributed by atoms with Crippen LogP contribution in [-0.4, -0.2) is 50.9 Å². The molecule has 0 saturated heterocycles. The Morgan fingerprint density at radius 2 is 1.62 bits per heavy atom. The molecule has 2 aromatic rings. The summed E-state index contributed by atoms with van der Waals surface area (Å²) in [5.74, 6) is 2.23. The Morgan fingerprint density at radius 3 is 2.28 bits per heavy atom. The standard InChI is InChI=1S/C22H25NO6/c1-26-16-6-5-13-15(22(16)29-4)11-19(24)23-8-7-12-9-17(27-2)18(28-3)10-14(12)21(25)20(13)23/h5-6,9-10,20-21,25H,7-8,11H2,1-4H3/t20-,21-/m1/s1. The molecule has 0 aromatic heterocycles. The number of ether oxygens (including phenoxy) is 4. The van der Waals surface area contributed by atoms with E-state index in [-0.39, 0.29) is 12.3 Å². The molecular formula is C22H25NO6. The summed E-state index contributed by atoms with van der Waals surface area (Å²) in [5, 5.41) is 11.4. The number of fused-ring (bicyclic) bond motifs is 4. The van der Waals surface area contributed by atoms with Gasteiger partial charge in [0.15, 0.2) is 23.0 Å². The fourth-order valence-electron chi connectivity index (χ4n) is 4.49. The number of hydrogen-bond donors (Lipinski definition) is 1. The van der Waals surface area contributed by atoms with E-state index < -0.39 is 12.1 Å². The van der Waals surface area contributed by atoms with Crippen molar-refractivity contribution in [3.05, 3.63) is 46.5 Å². The number of rotatable bonds is 4. The number of benzene rings is 2. The Kier molecular flexibility index (Phi) is 5.00. The molecule has 2 aliphatic rings. The van der Waals surface area contributed by atoms with Crippen molar-refractivity contribution < 1.29 is 28.8 Å². The quantitative estimate of drug-likeness (QED) is 0.851. The maximum Gasteiger partial charge on any atom is 0.227 e. The molecule has 7 heteroatoms. The second-order valence-corrected chi connectivity index (χ2v) is 7.18. The monoisotopic (exact) mass is 399 g/mol. The predicted octanol–water partition coefficient (Wildman–Crippen LogP) is 2.44. The van der Waals surface area contributed by atoms with Gasteiger partial charge in [0.05, 0.1) is 40.9 Å². The maximum atomic E-state index is 13.0. The van der Waals surface area contributed by atoms with Gasteiger partial charge in [0, 0.05) is 12.1 Å². The molecule has 7 nitrogen and oxygen atoms in total. The molecule has 1 N–H and O–H groups in total. The number of carbonyl (C=O) groups is 1. The van der Waals surface area contributed by atoms with Crippen molar-refractivity contribution in [2.75, 3.05) is 35.0 Å². The summed E-state index contributed by atoms with van der Waals surface area (Å²) in [5.41, 5.74) is 3.32. The van der Waals surface area contributed by atoms with Crippen molar-refractivity contribution in [2.24, 2.45) is 0 Å². The maximum absolute atomic E-state index is 13.0. The minimum Gasteiger partial charge on any atom is -0.493 e. The molecule has 29 heavy (non-hydrogen) atoms. The number of methoxy groups -OCH3 is 4. The number of aliphatic hydroxyl groups is 1. The minimum absolute atomic E-state index is 0.0418. The molecule has 0 radical (unpaired) electrons. The average Bonchev–Trinajstić information content (AvgIpc) is 2.89. The average molecular weight is 399 g/mol. The zero-order chi connectivity index (χ0) is 20.7. The highest BCUT2D eigenvalue weighted by atomic mass is 16.5. The summed E-state index contributed by atoms with van der Waals surface area (Å²) in [4.78, 5) is 14.8. The van der Waals surface area contributed by atoms with E-state index in [1.54, 1.807) is 33.3 Å². The van der Waals surface area contributed by atoms with Gasteiger partial charge < -0.3 is 29.0 Å². The van der Waals surface area contributed by atoms with Crippen LogP contribution >= 0.6 is 0 Å². The number of aliphatic hydroxyl groups excluding tert-OH is 1. The normalized spacial score (nSPS) is 20.2. The summed E-state index contributed by atoms with van der Waals surface area (Å²) in [6.07, 6.45) is -0.0760. The Bertz CT molecular complexity index is 957.